The van der Waals surface area contributed by atoms with Crippen LogP contribution in [0.25, 0.3) is 0 Å². The van der Waals surface area contributed by atoms with E-state index in [2.05, 4.69) is 10.9 Å². The molecule has 0 aromatic heterocycles. The Balaban J connectivity index is 1.98. The van der Waals surface area contributed by atoms with E-state index in [4.69, 9.17) is 32.7 Å². The second-order valence-electron chi connectivity index (χ2n) is 5.87. The fourth-order valence-corrected chi connectivity index (χ4v) is 2.92. The molecule has 8 heteroatoms. The van der Waals surface area contributed by atoms with Crippen molar-refractivity contribution in [3.05, 3.63) is 57.1 Å². The highest BCUT2D eigenvalue weighted by atomic mass is 35.5. The number of rotatable bonds is 5. The van der Waals surface area contributed by atoms with Gasteiger partial charge in [0.05, 0.1) is 17.2 Å². The number of hydrogen-bond donors (Lipinski definition) is 2. The van der Waals surface area contributed by atoms with Crippen LogP contribution in [0.4, 0.5) is 0 Å². The van der Waals surface area contributed by atoms with Crippen molar-refractivity contribution in [3.63, 3.8) is 0 Å². The van der Waals surface area contributed by atoms with Crippen LogP contribution < -0.4 is 20.3 Å². The van der Waals surface area contributed by atoms with Gasteiger partial charge < -0.3 is 9.47 Å². The molecule has 2 rings (SSSR count). The Kier molecular flexibility index (Phi) is 6.93. The molecule has 1 atom stereocenters. The van der Waals surface area contributed by atoms with E-state index in [1.54, 1.807) is 13.0 Å². The van der Waals surface area contributed by atoms with Crippen molar-refractivity contribution in [1.29, 1.82) is 0 Å². The Labute approximate surface area is 167 Å². The van der Waals surface area contributed by atoms with Gasteiger partial charge in [-0.05, 0) is 50.1 Å². The molecule has 0 aliphatic rings. The summed E-state index contributed by atoms with van der Waals surface area (Å²) in [6, 6.07) is 8.37. The number of amides is 2. The van der Waals surface area contributed by atoms with Crippen LogP contribution >= 0.6 is 23.2 Å². The predicted molar refractivity (Wildman–Crippen MR) is 105 cm³/mol. The minimum absolute atomic E-state index is 0.175. The van der Waals surface area contributed by atoms with Crippen LogP contribution in [0.5, 0.6) is 11.5 Å². The summed E-state index contributed by atoms with van der Waals surface area (Å²) >= 11 is 12.0. The molecule has 2 N–H and O–H groups in total. The van der Waals surface area contributed by atoms with Gasteiger partial charge in [0.2, 0.25) is 0 Å². The number of hydrazine groups is 1. The fourth-order valence-electron chi connectivity index (χ4n) is 2.27. The van der Waals surface area contributed by atoms with Crippen LogP contribution in [-0.2, 0) is 4.79 Å². The zero-order valence-electron chi connectivity index (χ0n) is 15.4. The van der Waals surface area contributed by atoms with Gasteiger partial charge in [-0.15, -0.1) is 0 Å². The van der Waals surface area contributed by atoms with Crippen LogP contribution in [0, 0.1) is 13.8 Å². The van der Waals surface area contributed by atoms with E-state index in [9.17, 15) is 9.59 Å². The van der Waals surface area contributed by atoms with Gasteiger partial charge in [-0.25, -0.2) is 0 Å². The maximum Gasteiger partial charge on any atom is 0.279 e. The molecule has 2 aromatic rings. The molecular weight excluding hydrogens is 391 g/mol. The number of methoxy groups -OCH3 is 1. The number of benzene rings is 2. The molecule has 0 aliphatic heterocycles. The van der Waals surface area contributed by atoms with Crippen LogP contribution in [0.3, 0.4) is 0 Å². The van der Waals surface area contributed by atoms with Crippen LogP contribution in [-0.4, -0.2) is 25.0 Å². The largest absolute Gasteiger partial charge is 0.494 e. The second kappa shape index (κ2) is 8.97. The number of halogens is 2. The van der Waals surface area contributed by atoms with Gasteiger partial charge in [-0.3, -0.25) is 20.4 Å². The number of ether oxygens (including phenoxy) is 2. The van der Waals surface area contributed by atoms with E-state index >= 15 is 0 Å². The van der Waals surface area contributed by atoms with Crippen molar-refractivity contribution in [3.8, 4) is 11.5 Å². The third kappa shape index (κ3) is 5.05. The highest BCUT2D eigenvalue weighted by molar-refractivity contribution is 6.37. The zero-order valence-corrected chi connectivity index (χ0v) is 16.9. The number of nitrogens with one attached hydrogen (secondary N) is 2. The molecular formula is C19H20Cl2N2O4. The highest BCUT2D eigenvalue weighted by Gasteiger charge is 2.18. The summed E-state index contributed by atoms with van der Waals surface area (Å²) < 4.78 is 10.7. The van der Waals surface area contributed by atoms with Crippen molar-refractivity contribution in [2.75, 3.05) is 7.11 Å². The Morgan fingerprint density at radius 2 is 1.70 bits per heavy atom. The van der Waals surface area contributed by atoms with Crippen molar-refractivity contribution in [1.82, 2.24) is 10.9 Å². The van der Waals surface area contributed by atoms with Crippen molar-refractivity contribution < 1.29 is 19.1 Å². The first-order valence-corrected chi connectivity index (χ1v) is 8.86. The predicted octanol–water partition coefficient (Wildman–Crippen LogP) is 3.85. The molecule has 2 amide bonds. The molecule has 2 aromatic carbocycles. The Hall–Kier alpha value is -2.44. The average molecular weight is 411 g/mol. The maximum atomic E-state index is 12.2. The number of hydrogen-bond acceptors (Lipinski definition) is 4. The molecule has 0 saturated carbocycles. The molecule has 0 spiro atoms. The van der Waals surface area contributed by atoms with E-state index in [1.807, 2.05) is 26.0 Å². The molecule has 144 valence electrons. The van der Waals surface area contributed by atoms with E-state index in [0.717, 1.165) is 11.1 Å². The lowest BCUT2D eigenvalue weighted by molar-refractivity contribution is -0.128. The Bertz CT molecular complexity index is 848. The molecule has 0 unspecified atom stereocenters. The number of carbonyl (C=O) groups excluding carboxylic acids is 2. The van der Waals surface area contributed by atoms with Crippen molar-refractivity contribution in [2.24, 2.45) is 0 Å². The van der Waals surface area contributed by atoms with E-state index in [1.165, 1.54) is 19.2 Å². The molecule has 6 nitrogen and oxygen atoms in total. The zero-order chi connectivity index (χ0) is 20.1. The van der Waals surface area contributed by atoms with E-state index in [-0.39, 0.29) is 21.4 Å². The summed E-state index contributed by atoms with van der Waals surface area (Å²) in [5, 5.41) is 0.376. The van der Waals surface area contributed by atoms with Gasteiger partial charge in [0, 0.05) is 5.56 Å². The third-order valence-electron chi connectivity index (χ3n) is 3.99. The maximum absolute atomic E-state index is 12.2. The van der Waals surface area contributed by atoms with Gasteiger partial charge >= 0.3 is 0 Å². The van der Waals surface area contributed by atoms with Gasteiger partial charge in [-0.2, -0.15) is 0 Å². The van der Waals surface area contributed by atoms with Crippen molar-refractivity contribution in [2.45, 2.75) is 26.9 Å². The summed E-state index contributed by atoms with van der Waals surface area (Å²) in [5.74, 6) is -0.198. The smallest absolute Gasteiger partial charge is 0.279 e. The minimum atomic E-state index is -0.811. The Morgan fingerprint density at radius 1 is 1.07 bits per heavy atom. The molecule has 27 heavy (non-hydrogen) atoms. The monoisotopic (exact) mass is 410 g/mol. The summed E-state index contributed by atoms with van der Waals surface area (Å²) in [4.78, 5) is 24.4. The van der Waals surface area contributed by atoms with Gasteiger partial charge in [-0.1, -0.05) is 35.3 Å². The van der Waals surface area contributed by atoms with E-state index in [0.29, 0.717) is 5.75 Å². The molecule has 0 bridgehead atoms. The molecule has 0 heterocycles. The molecule has 0 fully saturated rings. The van der Waals surface area contributed by atoms with Gasteiger partial charge in [0.25, 0.3) is 11.8 Å². The summed E-state index contributed by atoms with van der Waals surface area (Å²) in [6.07, 6.45) is -0.811. The number of carbonyl (C=O) groups is 2. The Morgan fingerprint density at radius 3 is 2.30 bits per heavy atom. The summed E-state index contributed by atoms with van der Waals surface area (Å²) in [5.41, 5.74) is 6.81. The summed E-state index contributed by atoms with van der Waals surface area (Å²) in [7, 11) is 1.42. The first-order valence-electron chi connectivity index (χ1n) is 8.10. The second-order valence-corrected chi connectivity index (χ2v) is 6.69. The van der Waals surface area contributed by atoms with Gasteiger partial charge in [0.1, 0.15) is 5.75 Å². The minimum Gasteiger partial charge on any atom is -0.494 e. The molecule has 0 saturated heterocycles. The lowest BCUT2D eigenvalue weighted by Gasteiger charge is -2.17. The topological polar surface area (TPSA) is 76.7 Å². The van der Waals surface area contributed by atoms with E-state index < -0.39 is 17.9 Å². The normalized spacial score (nSPS) is 11.5. The van der Waals surface area contributed by atoms with Gasteiger partial charge in [0.15, 0.2) is 11.9 Å². The lowest BCUT2D eigenvalue weighted by atomic mass is 10.1. The van der Waals surface area contributed by atoms with Crippen LogP contribution in [0.15, 0.2) is 30.3 Å². The molecule has 0 radical (unpaired) electrons. The third-order valence-corrected chi connectivity index (χ3v) is 4.55. The SMILES string of the molecule is COc1c(Cl)cc(C(=O)NNC(=O)[C@H](C)Oc2cccc(C)c2C)cc1Cl. The van der Waals surface area contributed by atoms with Crippen molar-refractivity contribution >= 4 is 35.0 Å². The standard InChI is InChI=1S/C19H20Cl2N2O4/c1-10-6-5-7-16(11(10)2)27-12(3)18(24)22-23-19(25)13-8-14(20)17(26-4)15(21)9-13/h5-9,12H,1-4H3,(H,22,24)(H,23,25)/t12-/m0/s1. The fraction of sp³-hybridized carbons (Fsp3) is 0.263. The first-order chi connectivity index (χ1) is 12.7. The summed E-state index contributed by atoms with van der Waals surface area (Å²) in [6.45, 7) is 5.46. The highest BCUT2D eigenvalue weighted by Crippen LogP contribution is 2.33. The quantitative estimate of drug-likeness (QED) is 0.733. The first kappa shape index (κ1) is 20.9. The average Bonchev–Trinajstić information content (AvgIpc) is 2.62. The number of aryl methyl sites for hydroxylation is 1. The lowest BCUT2D eigenvalue weighted by Crippen LogP contribution is -2.47. The molecule has 0 aliphatic carbocycles. The van der Waals surface area contributed by atoms with Crippen LogP contribution in [0.2, 0.25) is 10.0 Å². The van der Waals surface area contributed by atoms with Crippen LogP contribution in [0.1, 0.15) is 28.4 Å².